The quantitative estimate of drug-likeness (QED) is 0.728. The van der Waals surface area contributed by atoms with Gasteiger partial charge in [-0.2, -0.15) is 4.31 Å². The van der Waals surface area contributed by atoms with Gasteiger partial charge < -0.3 is 10.1 Å². The molecule has 0 aromatic heterocycles. The molecule has 4 rings (SSSR count). The van der Waals surface area contributed by atoms with Gasteiger partial charge >= 0.3 is 0 Å². The van der Waals surface area contributed by atoms with E-state index in [-0.39, 0.29) is 5.92 Å². The number of hydrogen-bond acceptors (Lipinski definition) is 4. The van der Waals surface area contributed by atoms with Crippen molar-refractivity contribution in [3.63, 3.8) is 0 Å². The van der Waals surface area contributed by atoms with Crippen molar-refractivity contribution in [2.24, 2.45) is 5.92 Å². The van der Waals surface area contributed by atoms with Gasteiger partial charge in [-0.15, -0.1) is 0 Å². The minimum absolute atomic E-state index is 0.156. The van der Waals surface area contributed by atoms with Gasteiger partial charge in [-0.3, -0.25) is 4.79 Å². The fraction of sp³-hybridized carbons (Fsp3) is 0.286. The summed E-state index contributed by atoms with van der Waals surface area (Å²) in [7, 11) is -3.71. The van der Waals surface area contributed by atoms with Crippen molar-refractivity contribution >= 4 is 21.6 Å². The van der Waals surface area contributed by atoms with Crippen LogP contribution in [0.2, 0.25) is 0 Å². The molecule has 1 saturated heterocycles. The van der Waals surface area contributed by atoms with Crippen molar-refractivity contribution in [3.05, 3.63) is 72.8 Å². The van der Waals surface area contributed by atoms with Crippen LogP contribution in [-0.4, -0.2) is 36.5 Å². The first-order chi connectivity index (χ1) is 13.5. The molecule has 1 amide bonds. The van der Waals surface area contributed by atoms with E-state index in [9.17, 15) is 13.2 Å². The van der Waals surface area contributed by atoms with Crippen LogP contribution in [-0.2, 0) is 21.4 Å². The molecule has 1 aliphatic heterocycles. The number of nitrogens with one attached hydrogen (secondary N) is 1. The molecule has 146 valence electrons. The van der Waals surface area contributed by atoms with Crippen LogP contribution in [0.15, 0.2) is 67.3 Å². The third kappa shape index (κ3) is 3.10. The van der Waals surface area contributed by atoms with Crippen molar-refractivity contribution < 1.29 is 17.9 Å². The Hall–Kier alpha value is -2.64. The molecule has 2 aromatic rings. The van der Waals surface area contributed by atoms with Crippen molar-refractivity contribution in [1.82, 2.24) is 4.31 Å². The van der Waals surface area contributed by atoms with Gasteiger partial charge in [0.15, 0.2) is 4.75 Å². The maximum absolute atomic E-state index is 13.1. The molecule has 1 saturated carbocycles. The normalized spacial score (nSPS) is 24.9. The van der Waals surface area contributed by atoms with E-state index < -0.39 is 20.7 Å². The molecular weight excluding hydrogens is 376 g/mol. The van der Waals surface area contributed by atoms with Crippen LogP contribution in [0.3, 0.4) is 0 Å². The molecule has 1 heterocycles. The molecular formula is C21H22N2O4S. The average Bonchev–Trinajstić information content (AvgIpc) is 3.39. The van der Waals surface area contributed by atoms with Crippen LogP contribution in [0.4, 0.5) is 5.69 Å². The van der Waals surface area contributed by atoms with Gasteiger partial charge in [0.2, 0.25) is 15.9 Å². The summed E-state index contributed by atoms with van der Waals surface area (Å²) in [6.07, 6.45) is 2.03. The van der Waals surface area contributed by atoms with Gasteiger partial charge in [-0.25, -0.2) is 8.42 Å². The van der Waals surface area contributed by atoms with Crippen LogP contribution >= 0.6 is 0 Å². The van der Waals surface area contributed by atoms with E-state index >= 15 is 0 Å². The second-order valence-corrected chi connectivity index (χ2v) is 9.35. The summed E-state index contributed by atoms with van der Waals surface area (Å²) in [4.78, 5) is 12.9. The first-order valence-corrected chi connectivity index (χ1v) is 10.6. The van der Waals surface area contributed by atoms with E-state index in [1.54, 1.807) is 30.3 Å². The Balaban J connectivity index is 1.47. The number of sulfonamides is 1. The summed E-state index contributed by atoms with van der Waals surface area (Å²) >= 11 is 0. The number of benzene rings is 2. The van der Waals surface area contributed by atoms with E-state index in [4.69, 9.17) is 4.74 Å². The first kappa shape index (κ1) is 18.7. The van der Waals surface area contributed by atoms with E-state index in [1.165, 1.54) is 4.31 Å². The number of ether oxygens (including phenoxy) is 1. The summed E-state index contributed by atoms with van der Waals surface area (Å²) in [6, 6.07) is 16.3. The van der Waals surface area contributed by atoms with Gasteiger partial charge in [0, 0.05) is 24.7 Å². The van der Waals surface area contributed by atoms with Gasteiger partial charge in [0.05, 0.1) is 0 Å². The predicted octanol–water partition coefficient (Wildman–Crippen LogP) is 2.79. The zero-order valence-corrected chi connectivity index (χ0v) is 16.2. The summed E-state index contributed by atoms with van der Waals surface area (Å²) in [5.74, 6) is 0.0483. The number of carbonyl (C=O) groups excluding carboxylic acids is 1. The largest absolute Gasteiger partial charge is 0.490 e. The molecule has 0 unspecified atom stereocenters. The van der Waals surface area contributed by atoms with E-state index in [0.717, 1.165) is 5.56 Å². The molecule has 0 bridgehead atoms. The second kappa shape index (κ2) is 7.07. The highest BCUT2D eigenvalue weighted by atomic mass is 32.2. The standard InChI is InChI=1S/C21H22N2O4S/c1-2-12-27-19-10-8-18(9-11-19)22-20(24)21-13-17(21)15-23(28(21,25)26)14-16-6-4-3-5-7-16/h2-11,17H,1,12-15H2,(H,22,24)/t17-,21+/m0/s1. The van der Waals surface area contributed by atoms with E-state index in [2.05, 4.69) is 11.9 Å². The molecule has 28 heavy (non-hydrogen) atoms. The number of rotatable bonds is 7. The lowest BCUT2D eigenvalue weighted by molar-refractivity contribution is -0.116. The number of hydrogen-bond donors (Lipinski definition) is 1. The molecule has 1 aliphatic carbocycles. The zero-order valence-electron chi connectivity index (χ0n) is 15.4. The number of anilines is 1. The number of amides is 1. The molecule has 2 atom stereocenters. The lowest BCUT2D eigenvalue weighted by Gasteiger charge is -2.21. The fourth-order valence-electron chi connectivity index (χ4n) is 3.77. The van der Waals surface area contributed by atoms with Crippen molar-refractivity contribution in [2.75, 3.05) is 18.5 Å². The Kier molecular flexibility index (Phi) is 4.72. The Morgan fingerprint density at radius 2 is 1.93 bits per heavy atom. The van der Waals surface area contributed by atoms with E-state index in [1.807, 2.05) is 30.3 Å². The third-order valence-corrected chi connectivity index (χ3v) is 7.90. The topological polar surface area (TPSA) is 75.7 Å². The second-order valence-electron chi connectivity index (χ2n) is 7.15. The number of nitrogens with zero attached hydrogens (tertiary/aromatic N) is 1. The fourth-order valence-corrected chi connectivity index (χ4v) is 6.12. The number of carbonyl (C=O) groups is 1. The van der Waals surface area contributed by atoms with Gasteiger partial charge in [-0.1, -0.05) is 43.0 Å². The van der Waals surface area contributed by atoms with Gasteiger partial charge in [0.25, 0.3) is 0 Å². The molecule has 2 aromatic carbocycles. The molecule has 7 heteroatoms. The van der Waals surface area contributed by atoms with Gasteiger partial charge in [0.1, 0.15) is 12.4 Å². The first-order valence-electron chi connectivity index (χ1n) is 9.16. The van der Waals surface area contributed by atoms with Crippen LogP contribution in [0.25, 0.3) is 0 Å². The minimum Gasteiger partial charge on any atom is -0.490 e. The molecule has 1 N–H and O–H groups in total. The van der Waals surface area contributed by atoms with Crippen molar-refractivity contribution in [1.29, 1.82) is 0 Å². The monoisotopic (exact) mass is 398 g/mol. The van der Waals surface area contributed by atoms with Crippen LogP contribution in [0, 0.1) is 5.92 Å². The Labute approximate surface area is 164 Å². The SMILES string of the molecule is C=CCOc1ccc(NC(=O)[C@@]23C[C@H]2CN(Cc2ccccc2)S3(=O)=O)cc1. The Bertz CT molecular complexity index is 989. The maximum atomic E-state index is 13.1. The summed E-state index contributed by atoms with van der Waals surface area (Å²) in [5, 5.41) is 2.77. The Morgan fingerprint density at radius 1 is 1.21 bits per heavy atom. The summed E-state index contributed by atoms with van der Waals surface area (Å²) in [5.41, 5.74) is 1.46. The van der Waals surface area contributed by atoms with Crippen LogP contribution in [0.5, 0.6) is 5.75 Å². The van der Waals surface area contributed by atoms with Gasteiger partial charge in [-0.05, 0) is 36.2 Å². The highest BCUT2D eigenvalue weighted by Gasteiger charge is 2.75. The smallest absolute Gasteiger partial charge is 0.247 e. The molecule has 2 aliphatic rings. The lowest BCUT2D eigenvalue weighted by Crippen LogP contribution is -2.41. The highest BCUT2D eigenvalue weighted by molar-refractivity contribution is 7.92. The maximum Gasteiger partial charge on any atom is 0.247 e. The molecule has 2 fully saturated rings. The average molecular weight is 398 g/mol. The highest BCUT2D eigenvalue weighted by Crippen LogP contribution is 2.58. The molecule has 0 radical (unpaired) electrons. The van der Waals surface area contributed by atoms with Crippen molar-refractivity contribution in [2.45, 2.75) is 17.7 Å². The van der Waals surface area contributed by atoms with Crippen LogP contribution in [0.1, 0.15) is 12.0 Å². The summed E-state index contributed by atoms with van der Waals surface area (Å²) < 4.78 is 31.7. The zero-order chi connectivity index (χ0) is 19.8. The lowest BCUT2D eigenvalue weighted by atomic mass is 10.2. The third-order valence-electron chi connectivity index (χ3n) is 5.34. The summed E-state index contributed by atoms with van der Waals surface area (Å²) in [6.45, 7) is 4.67. The van der Waals surface area contributed by atoms with E-state index in [0.29, 0.717) is 37.6 Å². The van der Waals surface area contributed by atoms with Crippen molar-refractivity contribution in [3.8, 4) is 5.75 Å². The predicted molar refractivity (Wildman–Crippen MR) is 107 cm³/mol. The molecule has 6 nitrogen and oxygen atoms in total. The number of fused-ring (bicyclic) bond motifs is 1. The Morgan fingerprint density at radius 3 is 2.61 bits per heavy atom. The molecule has 0 spiro atoms. The minimum atomic E-state index is -3.71. The van der Waals surface area contributed by atoms with Crippen LogP contribution < -0.4 is 10.1 Å².